The van der Waals surface area contributed by atoms with Crippen LogP contribution in [0.3, 0.4) is 0 Å². The second-order valence-corrected chi connectivity index (χ2v) is 7.25. The van der Waals surface area contributed by atoms with Crippen LogP contribution in [0.15, 0.2) is 12.2 Å². The Kier molecular flexibility index (Phi) is 4.60. The summed E-state index contributed by atoms with van der Waals surface area (Å²) in [6.45, 7) is 9.17. The zero-order valence-electron chi connectivity index (χ0n) is 10.2. The van der Waals surface area contributed by atoms with Gasteiger partial charge in [-0.3, -0.25) is 0 Å². The second kappa shape index (κ2) is 5.35. The molecule has 0 unspecified atom stereocenters. The predicted molar refractivity (Wildman–Crippen MR) is 64.5 cm³/mol. The summed E-state index contributed by atoms with van der Waals surface area (Å²) in [6.07, 6.45) is 1.26. The third-order valence-corrected chi connectivity index (χ3v) is 6.13. The fourth-order valence-electron chi connectivity index (χ4n) is 1.80. The van der Waals surface area contributed by atoms with Crippen LogP contribution in [0.2, 0.25) is 10.1 Å². The van der Waals surface area contributed by atoms with E-state index in [9.17, 15) is 9.90 Å². The first-order chi connectivity index (χ1) is 7.33. The summed E-state index contributed by atoms with van der Waals surface area (Å²) in [4.78, 5) is 11.5. The number of carbonyl (C=O) groups excluding carboxylic acids is 1. The average Bonchev–Trinajstić information content (AvgIpc) is 2.26. The molecule has 1 fully saturated rings. The van der Waals surface area contributed by atoms with Gasteiger partial charge < -0.3 is 0 Å². The van der Waals surface area contributed by atoms with Gasteiger partial charge in [0.2, 0.25) is 0 Å². The third-order valence-electron chi connectivity index (χ3n) is 2.91. The maximum absolute atomic E-state index is 11.0. The van der Waals surface area contributed by atoms with Gasteiger partial charge in [0.05, 0.1) is 0 Å². The maximum atomic E-state index is 11.0. The molecule has 0 amide bonds. The van der Waals surface area contributed by atoms with E-state index < -0.39 is 5.60 Å². The number of aliphatic hydroxyl groups is 1. The van der Waals surface area contributed by atoms with Gasteiger partial charge in [-0.2, -0.15) is 0 Å². The normalized spacial score (nSPS) is 35.2. The van der Waals surface area contributed by atoms with Crippen molar-refractivity contribution in [3.8, 4) is 0 Å². The van der Waals surface area contributed by atoms with Crippen LogP contribution >= 0.6 is 0 Å². The molecule has 3 atom stereocenters. The number of esters is 1. The van der Waals surface area contributed by atoms with Gasteiger partial charge in [0.25, 0.3) is 0 Å². The van der Waals surface area contributed by atoms with Crippen LogP contribution in [0.1, 0.15) is 33.6 Å². The van der Waals surface area contributed by atoms with E-state index in [4.69, 9.17) is 4.74 Å². The molecule has 1 N–H and O–H groups in total. The van der Waals surface area contributed by atoms with Gasteiger partial charge in [-0.05, 0) is 0 Å². The Hall–Kier alpha value is -0.311. The molecule has 0 radical (unpaired) electrons. The summed E-state index contributed by atoms with van der Waals surface area (Å²) in [5, 5.41) is 11.0. The number of rotatable bonds is 2. The quantitative estimate of drug-likeness (QED) is 0.480. The van der Waals surface area contributed by atoms with E-state index in [1.165, 1.54) is 12.5 Å². The van der Waals surface area contributed by atoms with E-state index in [1.54, 1.807) is 6.92 Å². The van der Waals surface area contributed by atoms with Crippen molar-refractivity contribution >= 4 is 20.9 Å². The number of hydrogen-bond donors (Lipinski definition) is 1. The third kappa shape index (κ3) is 3.62. The van der Waals surface area contributed by atoms with E-state index in [1.807, 2.05) is 6.92 Å². The fraction of sp³-hybridized carbons (Fsp3) is 0.750. The summed E-state index contributed by atoms with van der Waals surface area (Å²) >= 11 is 0.354. The molecule has 1 aliphatic rings. The molecule has 92 valence electrons. The average molecular weight is 291 g/mol. The molecule has 0 bridgehead atoms. The van der Waals surface area contributed by atoms with E-state index in [0.29, 0.717) is 26.2 Å². The van der Waals surface area contributed by atoms with Crippen molar-refractivity contribution in [1.82, 2.24) is 0 Å². The molecule has 4 heteroatoms. The minimum absolute atomic E-state index is 0.310. The first-order valence-corrected chi connectivity index (χ1v) is 7.69. The Morgan fingerprint density at radius 1 is 1.56 bits per heavy atom. The Labute approximate surface area is 103 Å². The molecule has 0 spiro atoms. The summed E-state index contributed by atoms with van der Waals surface area (Å²) < 4.78 is 5.21. The Bertz CT molecular complexity index is 286. The summed E-state index contributed by atoms with van der Waals surface area (Å²) in [7, 11) is 0. The van der Waals surface area contributed by atoms with E-state index in [2.05, 4.69) is 6.58 Å². The Morgan fingerprint density at radius 2 is 2.19 bits per heavy atom. The Morgan fingerprint density at radius 3 is 2.69 bits per heavy atom. The van der Waals surface area contributed by atoms with Crippen LogP contribution in [0.25, 0.3) is 0 Å². The van der Waals surface area contributed by atoms with Crippen LogP contribution in [0.4, 0.5) is 0 Å². The zero-order chi connectivity index (χ0) is 12.3. The second-order valence-electron chi connectivity index (χ2n) is 4.66. The van der Waals surface area contributed by atoms with Gasteiger partial charge >= 0.3 is 103 Å². The number of hydrogen-bond acceptors (Lipinski definition) is 3. The molecule has 0 aromatic heterocycles. The molecule has 16 heavy (non-hydrogen) atoms. The van der Waals surface area contributed by atoms with Crippen molar-refractivity contribution in [2.45, 2.75) is 55.5 Å². The van der Waals surface area contributed by atoms with Crippen LogP contribution < -0.4 is 0 Å². The molecule has 1 saturated heterocycles. The molecular formula is C12H20O3Se. The monoisotopic (exact) mass is 292 g/mol. The van der Waals surface area contributed by atoms with Crippen molar-refractivity contribution < 1.29 is 14.6 Å². The van der Waals surface area contributed by atoms with Crippen LogP contribution in [0.5, 0.6) is 0 Å². The van der Waals surface area contributed by atoms with E-state index in [0.717, 1.165) is 11.7 Å². The molecule has 0 aromatic carbocycles. The van der Waals surface area contributed by atoms with Crippen LogP contribution in [-0.2, 0) is 9.53 Å². The minimum atomic E-state index is -0.891. The van der Waals surface area contributed by atoms with Crippen LogP contribution in [-0.4, -0.2) is 37.7 Å². The van der Waals surface area contributed by atoms with Gasteiger partial charge in [0.1, 0.15) is 0 Å². The van der Waals surface area contributed by atoms with Crippen molar-refractivity contribution in [1.29, 1.82) is 0 Å². The predicted octanol–water partition coefficient (Wildman–Crippen LogP) is 1.95. The van der Waals surface area contributed by atoms with Crippen molar-refractivity contribution in [3.63, 3.8) is 0 Å². The molecule has 1 aliphatic heterocycles. The molecule has 3 nitrogen and oxygen atoms in total. The number of carbonyl (C=O) groups is 1. The molecule has 0 saturated carbocycles. The number of ether oxygens (including phenoxy) is 1. The van der Waals surface area contributed by atoms with Gasteiger partial charge in [-0.1, -0.05) is 0 Å². The van der Waals surface area contributed by atoms with Crippen molar-refractivity contribution in [2.24, 2.45) is 0 Å². The molecule has 1 rings (SSSR count). The van der Waals surface area contributed by atoms with Crippen molar-refractivity contribution in [3.05, 3.63) is 12.2 Å². The molecule has 0 aliphatic carbocycles. The molecule has 0 aromatic rings. The summed E-state index contributed by atoms with van der Waals surface area (Å²) in [5.41, 5.74) is 0.289. The van der Waals surface area contributed by atoms with E-state index >= 15 is 0 Å². The SMILES string of the molecule is C=C(C)[C@H]1CC[C@@](C)(O)[C@@H](OC(C)=O)C[Se]1. The summed E-state index contributed by atoms with van der Waals surface area (Å²) in [5.74, 6) is -0.310. The van der Waals surface area contributed by atoms with Gasteiger partial charge in [0.15, 0.2) is 0 Å². The standard InChI is InChI=1S/C12H20O3Se/c1-8(2)10-5-6-12(4,14)11(7-16-10)15-9(3)13/h10-11,14H,1,5-7H2,2-4H3/t10-,11+,12-/m1/s1. The summed E-state index contributed by atoms with van der Waals surface area (Å²) in [6, 6.07) is 0. The Balaban J connectivity index is 2.71. The van der Waals surface area contributed by atoms with Gasteiger partial charge in [0, 0.05) is 0 Å². The first kappa shape index (κ1) is 13.8. The topological polar surface area (TPSA) is 46.5 Å². The fourth-order valence-corrected chi connectivity index (χ4v) is 4.74. The zero-order valence-corrected chi connectivity index (χ0v) is 11.9. The number of allylic oxidation sites excluding steroid dienone is 1. The van der Waals surface area contributed by atoms with Crippen LogP contribution in [0, 0.1) is 0 Å². The van der Waals surface area contributed by atoms with Gasteiger partial charge in [-0.25, -0.2) is 0 Å². The molecule has 1 heterocycles. The molecular weight excluding hydrogens is 271 g/mol. The van der Waals surface area contributed by atoms with Gasteiger partial charge in [-0.15, -0.1) is 0 Å². The van der Waals surface area contributed by atoms with Crippen molar-refractivity contribution in [2.75, 3.05) is 0 Å². The first-order valence-electron chi connectivity index (χ1n) is 5.49. The van der Waals surface area contributed by atoms with E-state index in [-0.39, 0.29) is 12.1 Å².